The molecule has 14 heavy (non-hydrogen) atoms. The van der Waals surface area contributed by atoms with Crippen LogP contribution in [-0.2, 0) is 0 Å². The molecule has 5 heteroatoms. The van der Waals surface area contributed by atoms with Crippen molar-refractivity contribution in [1.82, 2.24) is 0 Å². The van der Waals surface area contributed by atoms with Crippen LogP contribution in [0.2, 0.25) is 0 Å². The zero-order valence-electron chi connectivity index (χ0n) is 7.38. The van der Waals surface area contributed by atoms with Crippen LogP contribution >= 0.6 is 0 Å². The third-order valence-corrected chi connectivity index (χ3v) is 1.76. The van der Waals surface area contributed by atoms with Crippen molar-refractivity contribution < 1.29 is 23.0 Å². The van der Waals surface area contributed by atoms with E-state index in [9.17, 15) is 13.2 Å². The summed E-state index contributed by atoms with van der Waals surface area (Å²) in [6.45, 7) is 0. The first kappa shape index (κ1) is 10.8. The number of alkyl halides is 2. The Balaban J connectivity index is 2.99. The lowest BCUT2D eigenvalue weighted by molar-refractivity contribution is -0.00774. The highest BCUT2D eigenvalue weighted by molar-refractivity contribution is 5.30. The Kier molecular flexibility index (Phi) is 3.35. The lowest BCUT2D eigenvalue weighted by Crippen LogP contribution is -2.09. The summed E-state index contributed by atoms with van der Waals surface area (Å²) in [4.78, 5) is 0. The van der Waals surface area contributed by atoms with E-state index >= 15 is 0 Å². The highest BCUT2D eigenvalue weighted by Gasteiger charge is 2.22. The second-order valence-electron chi connectivity index (χ2n) is 2.67. The van der Waals surface area contributed by atoms with Gasteiger partial charge in [0.2, 0.25) is 0 Å². The summed E-state index contributed by atoms with van der Waals surface area (Å²) in [5.74, 6) is -0.690. The molecule has 0 aliphatic heterocycles. The van der Waals surface area contributed by atoms with Gasteiger partial charge in [0.05, 0.1) is 7.11 Å². The Bertz CT molecular complexity index is 315. The highest BCUT2D eigenvalue weighted by Crippen LogP contribution is 2.25. The minimum Gasteiger partial charge on any atom is -0.497 e. The van der Waals surface area contributed by atoms with E-state index in [1.807, 2.05) is 0 Å². The quantitative estimate of drug-likeness (QED) is 0.820. The Labute approximate surface area is 78.9 Å². The van der Waals surface area contributed by atoms with Gasteiger partial charge in [0.1, 0.15) is 17.7 Å². The number of aliphatic hydroxyl groups is 1. The molecule has 78 valence electrons. The first-order valence-corrected chi connectivity index (χ1v) is 3.86. The molecule has 0 saturated heterocycles. The standard InChI is InChI=1S/C9H9F3O2/c1-14-5-2-3-6(7(10)4-5)8(13)9(11)12/h2-4,8-9,13H,1H3. The molecule has 0 spiro atoms. The number of halogens is 3. The third kappa shape index (κ3) is 2.17. The number of benzene rings is 1. The van der Waals surface area contributed by atoms with E-state index in [1.54, 1.807) is 0 Å². The number of rotatable bonds is 3. The number of aliphatic hydroxyl groups excluding tert-OH is 1. The molecule has 1 aromatic rings. The molecule has 0 fully saturated rings. The van der Waals surface area contributed by atoms with Crippen molar-refractivity contribution in [2.24, 2.45) is 0 Å². The molecule has 0 amide bonds. The van der Waals surface area contributed by atoms with Crippen molar-refractivity contribution in [1.29, 1.82) is 0 Å². The van der Waals surface area contributed by atoms with E-state index in [-0.39, 0.29) is 5.75 Å². The predicted octanol–water partition coefficient (Wildman–Crippen LogP) is 2.13. The van der Waals surface area contributed by atoms with E-state index in [1.165, 1.54) is 13.2 Å². The molecule has 0 aliphatic carbocycles. The molecule has 0 saturated carbocycles. The van der Waals surface area contributed by atoms with Gasteiger partial charge in [-0.25, -0.2) is 13.2 Å². The second kappa shape index (κ2) is 4.32. The van der Waals surface area contributed by atoms with Gasteiger partial charge in [-0.3, -0.25) is 0 Å². The lowest BCUT2D eigenvalue weighted by atomic mass is 10.1. The van der Waals surface area contributed by atoms with Crippen LogP contribution in [0.25, 0.3) is 0 Å². The van der Waals surface area contributed by atoms with Gasteiger partial charge in [0, 0.05) is 11.6 Å². The molecule has 1 unspecified atom stereocenters. The van der Waals surface area contributed by atoms with Crippen LogP contribution in [0.4, 0.5) is 13.2 Å². The molecule has 2 nitrogen and oxygen atoms in total. The van der Waals surface area contributed by atoms with Gasteiger partial charge in [-0.1, -0.05) is 0 Å². The maximum absolute atomic E-state index is 13.1. The molecule has 1 aromatic carbocycles. The molecule has 1 atom stereocenters. The Morgan fingerprint density at radius 2 is 2.00 bits per heavy atom. The highest BCUT2D eigenvalue weighted by atomic mass is 19.3. The molecule has 0 aliphatic rings. The molecule has 0 aromatic heterocycles. The average Bonchev–Trinajstić information content (AvgIpc) is 2.16. The molecule has 0 radical (unpaired) electrons. The van der Waals surface area contributed by atoms with Gasteiger partial charge in [-0.2, -0.15) is 0 Å². The van der Waals surface area contributed by atoms with Crippen molar-refractivity contribution in [2.75, 3.05) is 7.11 Å². The minimum absolute atomic E-state index is 0.215. The van der Waals surface area contributed by atoms with Crippen LogP contribution in [0.15, 0.2) is 18.2 Å². The minimum atomic E-state index is -3.00. The van der Waals surface area contributed by atoms with E-state index in [2.05, 4.69) is 4.74 Å². The smallest absolute Gasteiger partial charge is 0.268 e. The summed E-state index contributed by atoms with van der Waals surface area (Å²) in [5.41, 5.74) is -0.430. The van der Waals surface area contributed by atoms with Crippen molar-refractivity contribution in [2.45, 2.75) is 12.5 Å². The van der Waals surface area contributed by atoms with E-state index in [0.717, 1.165) is 12.1 Å². The SMILES string of the molecule is COc1ccc(C(O)C(F)F)c(F)c1. The fourth-order valence-electron chi connectivity index (χ4n) is 1.01. The summed E-state index contributed by atoms with van der Waals surface area (Å²) >= 11 is 0. The van der Waals surface area contributed by atoms with Crippen molar-refractivity contribution >= 4 is 0 Å². The molecular formula is C9H9F3O2. The van der Waals surface area contributed by atoms with E-state index in [4.69, 9.17) is 5.11 Å². The fraction of sp³-hybridized carbons (Fsp3) is 0.333. The van der Waals surface area contributed by atoms with Crippen LogP contribution < -0.4 is 4.74 Å². The van der Waals surface area contributed by atoms with E-state index in [0.29, 0.717) is 0 Å². The van der Waals surface area contributed by atoms with Gasteiger partial charge >= 0.3 is 0 Å². The topological polar surface area (TPSA) is 29.5 Å². The maximum atomic E-state index is 13.1. The lowest BCUT2D eigenvalue weighted by Gasteiger charge is -2.11. The average molecular weight is 206 g/mol. The van der Waals surface area contributed by atoms with E-state index < -0.39 is 23.9 Å². The summed E-state index contributed by atoms with van der Waals surface area (Å²) in [6, 6.07) is 3.33. The van der Waals surface area contributed by atoms with Gasteiger partial charge in [-0.15, -0.1) is 0 Å². The fourth-order valence-corrected chi connectivity index (χ4v) is 1.01. The normalized spacial score (nSPS) is 13.0. The molecule has 0 bridgehead atoms. The third-order valence-electron chi connectivity index (χ3n) is 1.76. The van der Waals surface area contributed by atoms with Crippen LogP contribution in [-0.4, -0.2) is 18.6 Å². The second-order valence-corrected chi connectivity index (χ2v) is 2.67. The Morgan fingerprint density at radius 3 is 2.43 bits per heavy atom. The summed E-state index contributed by atoms with van der Waals surface area (Å²) in [5, 5.41) is 8.91. The number of ether oxygens (including phenoxy) is 1. The molecule has 1 N–H and O–H groups in total. The van der Waals surface area contributed by atoms with Crippen LogP contribution in [0.5, 0.6) is 5.75 Å². The Hall–Kier alpha value is -1.23. The van der Waals surface area contributed by atoms with Crippen molar-refractivity contribution in [3.63, 3.8) is 0 Å². The summed E-state index contributed by atoms with van der Waals surface area (Å²) < 4.78 is 41.8. The monoisotopic (exact) mass is 206 g/mol. The Morgan fingerprint density at radius 1 is 1.36 bits per heavy atom. The molecule has 0 heterocycles. The largest absolute Gasteiger partial charge is 0.497 e. The number of hydrogen-bond acceptors (Lipinski definition) is 2. The van der Waals surface area contributed by atoms with Crippen molar-refractivity contribution in [3.05, 3.63) is 29.6 Å². The van der Waals surface area contributed by atoms with Crippen LogP contribution in [0.1, 0.15) is 11.7 Å². The first-order valence-electron chi connectivity index (χ1n) is 3.86. The first-order chi connectivity index (χ1) is 6.56. The predicted molar refractivity (Wildman–Crippen MR) is 43.9 cm³/mol. The van der Waals surface area contributed by atoms with Crippen LogP contribution in [0.3, 0.4) is 0 Å². The summed E-state index contributed by atoms with van der Waals surface area (Å²) in [7, 11) is 1.33. The van der Waals surface area contributed by atoms with Crippen LogP contribution in [0, 0.1) is 5.82 Å². The van der Waals surface area contributed by atoms with Gasteiger partial charge in [0.25, 0.3) is 6.43 Å². The zero-order chi connectivity index (χ0) is 10.7. The van der Waals surface area contributed by atoms with Gasteiger partial charge in [-0.05, 0) is 12.1 Å². The van der Waals surface area contributed by atoms with Crippen molar-refractivity contribution in [3.8, 4) is 5.75 Å². The maximum Gasteiger partial charge on any atom is 0.268 e. The summed E-state index contributed by atoms with van der Waals surface area (Å²) in [6.07, 6.45) is -5.10. The zero-order valence-corrected chi connectivity index (χ0v) is 7.38. The molecule has 1 rings (SSSR count). The number of hydrogen-bond donors (Lipinski definition) is 1. The van der Waals surface area contributed by atoms with Gasteiger partial charge in [0.15, 0.2) is 0 Å². The number of methoxy groups -OCH3 is 1. The van der Waals surface area contributed by atoms with Gasteiger partial charge < -0.3 is 9.84 Å². The molecular weight excluding hydrogens is 197 g/mol.